The first-order chi connectivity index (χ1) is 18.3. The predicted molar refractivity (Wildman–Crippen MR) is 135 cm³/mol. The molecule has 2 aliphatic heterocycles. The third-order valence-electron chi connectivity index (χ3n) is 7.13. The summed E-state index contributed by atoms with van der Waals surface area (Å²) in [6.07, 6.45) is -3.53. The van der Waals surface area contributed by atoms with E-state index >= 15 is 0 Å². The van der Waals surface area contributed by atoms with Crippen molar-refractivity contribution in [1.82, 2.24) is 20.0 Å². The standard InChI is InChI=1S/C27H30F3N5O3/c1-37-20-9-7-19(8-10-20)23(34-11-13-38-14-12-34)17-31-26(36)21-16-32-35-24(27(28,29)30)15-22(33-25(21)35)18-5-3-2-4-6-18/h2-10,16,22-24,33H,11-15,17H2,1H3,(H,31,36)/t22-,23?,24+/m1/s1. The number of hydrogen-bond acceptors (Lipinski definition) is 6. The largest absolute Gasteiger partial charge is 0.497 e. The van der Waals surface area contributed by atoms with Crippen LogP contribution >= 0.6 is 0 Å². The quantitative estimate of drug-likeness (QED) is 0.474. The van der Waals surface area contributed by atoms with Crippen molar-refractivity contribution in [1.29, 1.82) is 0 Å². The average Bonchev–Trinajstić information content (AvgIpc) is 3.37. The minimum Gasteiger partial charge on any atom is -0.497 e. The van der Waals surface area contributed by atoms with Crippen LogP contribution in [0, 0.1) is 0 Å². The molecule has 2 N–H and O–H groups in total. The van der Waals surface area contributed by atoms with Gasteiger partial charge in [0.05, 0.1) is 38.6 Å². The number of anilines is 1. The number of alkyl halides is 3. The van der Waals surface area contributed by atoms with Crippen LogP contribution in [-0.2, 0) is 4.74 Å². The van der Waals surface area contributed by atoms with Crippen LogP contribution in [0.25, 0.3) is 0 Å². The molecule has 202 valence electrons. The summed E-state index contributed by atoms with van der Waals surface area (Å²) in [5.41, 5.74) is 1.78. The molecule has 0 aliphatic carbocycles. The Balaban J connectivity index is 1.38. The molecule has 3 atom stereocenters. The summed E-state index contributed by atoms with van der Waals surface area (Å²) >= 11 is 0. The van der Waals surface area contributed by atoms with Gasteiger partial charge >= 0.3 is 6.18 Å². The first kappa shape index (κ1) is 26.1. The van der Waals surface area contributed by atoms with E-state index in [2.05, 4.69) is 20.6 Å². The zero-order valence-corrected chi connectivity index (χ0v) is 20.9. The number of fused-ring (bicyclic) bond motifs is 1. The molecule has 2 aliphatic rings. The number of carbonyl (C=O) groups excluding carboxylic acids is 1. The molecule has 1 saturated heterocycles. The molecule has 1 aromatic heterocycles. The molecule has 2 aromatic carbocycles. The fourth-order valence-electron chi connectivity index (χ4n) is 5.09. The smallest absolute Gasteiger partial charge is 0.410 e. The Hall–Kier alpha value is -3.57. The lowest BCUT2D eigenvalue weighted by Gasteiger charge is -2.35. The Bertz CT molecular complexity index is 1230. The van der Waals surface area contributed by atoms with E-state index in [1.165, 1.54) is 6.20 Å². The second-order valence-corrected chi connectivity index (χ2v) is 9.40. The first-order valence-electron chi connectivity index (χ1n) is 12.5. The van der Waals surface area contributed by atoms with Crippen LogP contribution in [0.5, 0.6) is 5.75 Å². The molecule has 0 spiro atoms. The number of morpholine rings is 1. The van der Waals surface area contributed by atoms with E-state index < -0.39 is 24.2 Å². The molecule has 3 heterocycles. The molecule has 0 saturated carbocycles. The van der Waals surface area contributed by atoms with Crippen molar-refractivity contribution in [2.45, 2.75) is 30.7 Å². The predicted octanol–water partition coefficient (Wildman–Crippen LogP) is 4.36. The summed E-state index contributed by atoms with van der Waals surface area (Å²) in [6.45, 7) is 2.83. The van der Waals surface area contributed by atoms with E-state index in [4.69, 9.17) is 9.47 Å². The van der Waals surface area contributed by atoms with Crippen LogP contribution in [0.2, 0.25) is 0 Å². The van der Waals surface area contributed by atoms with E-state index in [-0.39, 0.29) is 30.4 Å². The van der Waals surface area contributed by atoms with Crippen molar-refractivity contribution < 1.29 is 27.4 Å². The summed E-state index contributed by atoms with van der Waals surface area (Å²) < 4.78 is 53.7. The molecule has 8 nitrogen and oxygen atoms in total. The van der Waals surface area contributed by atoms with Crippen LogP contribution < -0.4 is 15.4 Å². The van der Waals surface area contributed by atoms with E-state index in [0.717, 1.165) is 16.0 Å². The Morgan fingerprint density at radius 1 is 1.16 bits per heavy atom. The topological polar surface area (TPSA) is 80.6 Å². The van der Waals surface area contributed by atoms with Gasteiger partial charge in [0, 0.05) is 26.1 Å². The number of rotatable bonds is 7. The molecule has 0 bridgehead atoms. The van der Waals surface area contributed by atoms with Crippen molar-refractivity contribution in [3.8, 4) is 5.75 Å². The molecular weight excluding hydrogens is 499 g/mol. The molecule has 38 heavy (non-hydrogen) atoms. The van der Waals surface area contributed by atoms with Crippen LogP contribution in [0.1, 0.15) is 46.0 Å². The summed E-state index contributed by atoms with van der Waals surface area (Å²) in [4.78, 5) is 15.6. The molecule has 1 fully saturated rings. The van der Waals surface area contributed by atoms with Gasteiger partial charge in [0.25, 0.3) is 5.91 Å². The SMILES string of the molecule is COc1ccc(C(CNC(=O)c2cnn3c2N[C@@H](c2ccccc2)C[C@H]3C(F)(F)F)N2CCOCC2)cc1. The lowest BCUT2D eigenvalue weighted by atomic mass is 9.96. The monoisotopic (exact) mass is 529 g/mol. The van der Waals surface area contributed by atoms with Crippen LogP contribution in [-0.4, -0.2) is 66.7 Å². The minimum atomic E-state index is -4.51. The molecule has 0 radical (unpaired) electrons. The second kappa shape index (κ2) is 11.0. The number of nitrogens with zero attached hydrogens (tertiary/aromatic N) is 3. The van der Waals surface area contributed by atoms with Gasteiger partial charge in [0.15, 0.2) is 6.04 Å². The number of aromatic nitrogens is 2. The maximum absolute atomic E-state index is 14.0. The van der Waals surface area contributed by atoms with Crippen molar-refractivity contribution in [2.75, 3.05) is 45.3 Å². The fraction of sp³-hybridized carbons (Fsp3) is 0.407. The van der Waals surface area contributed by atoms with Crippen LogP contribution in [0.15, 0.2) is 60.8 Å². The van der Waals surface area contributed by atoms with Gasteiger partial charge in [-0.05, 0) is 23.3 Å². The maximum atomic E-state index is 14.0. The van der Waals surface area contributed by atoms with Crippen molar-refractivity contribution >= 4 is 11.7 Å². The van der Waals surface area contributed by atoms with Gasteiger partial charge in [-0.3, -0.25) is 9.69 Å². The Morgan fingerprint density at radius 3 is 2.53 bits per heavy atom. The zero-order chi connectivity index (χ0) is 26.7. The van der Waals surface area contributed by atoms with E-state index in [1.807, 2.05) is 30.3 Å². The van der Waals surface area contributed by atoms with Gasteiger partial charge in [0.2, 0.25) is 0 Å². The van der Waals surface area contributed by atoms with Gasteiger partial charge in [-0.2, -0.15) is 18.3 Å². The van der Waals surface area contributed by atoms with E-state index in [0.29, 0.717) is 31.9 Å². The van der Waals surface area contributed by atoms with Gasteiger partial charge in [0.1, 0.15) is 17.1 Å². The summed E-state index contributed by atoms with van der Waals surface area (Å²) in [6, 6.07) is 14.0. The van der Waals surface area contributed by atoms with Crippen molar-refractivity contribution in [2.24, 2.45) is 0 Å². The van der Waals surface area contributed by atoms with Gasteiger partial charge in [-0.15, -0.1) is 0 Å². The zero-order valence-electron chi connectivity index (χ0n) is 20.9. The van der Waals surface area contributed by atoms with Crippen LogP contribution in [0.3, 0.4) is 0 Å². The lowest BCUT2D eigenvalue weighted by Crippen LogP contribution is -2.44. The van der Waals surface area contributed by atoms with Gasteiger partial charge in [-0.1, -0.05) is 42.5 Å². The van der Waals surface area contributed by atoms with E-state index in [1.54, 1.807) is 31.4 Å². The Morgan fingerprint density at radius 2 is 1.87 bits per heavy atom. The molecule has 11 heteroatoms. The van der Waals surface area contributed by atoms with Gasteiger partial charge in [-0.25, -0.2) is 4.68 Å². The highest BCUT2D eigenvalue weighted by atomic mass is 19.4. The lowest BCUT2D eigenvalue weighted by molar-refractivity contribution is -0.173. The maximum Gasteiger partial charge on any atom is 0.410 e. The summed E-state index contributed by atoms with van der Waals surface area (Å²) in [5.74, 6) is 0.306. The van der Waals surface area contributed by atoms with Gasteiger partial charge < -0.3 is 20.1 Å². The van der Waals surface area contributed by atoms with Crippen molar-refractivity contribution in [3.05, 3.63) is 77.5 Å². The molecule has 1 unspecified atom stereocenters. The number of methoxy groups -OCH3 is 1. The summed E-state index contributed by atoms with van der Waals surface area (Å²) in [7, 11) is 1.60. The third-order valence-corrected chi connectivity index (χ3v) is 7.13. The van der Waals surface area contributed by atoms with E-state index in [9.17, 15) is 18.0 Å². The number of ether oxygens (including phenoxy) is 2. The normalized spacial score (nSPS) is 20.7. The number of amides is 1. The number of hydrogen-bond donors (Lipinski definition) is 2. The van der Waals surface area contributed by atoms with Crippen LogP contribution in [0.4, 0.5) is 19.0 Å². The Labute approximate surface area is 218 Å². The highest BCUT2D eigenvalue weighted by Gasteiger charge is 2.47. The fourth-order valence-corrected chi connectivity index (χ4v) is 5.09. The number of benzene rings is 2. The average molecular weight is 530 g/mol. The van der Waals surface area contributed by atoms with Crippen molar-refractivity contribution in [3.63, 3.8) is 0 Å². The molecular formula is C27H30F3N5O3. The Kier molecular flexibility index (Phi) is 7.57. The highest BCUT2D eigenvalue weighted by Crippen LogP contribution is 2.44. The second-order valence-electron chi connectivity index (χ2n) is 9.40. The molecule has 1 amide bonds. The third kappa shape index (κ3) is 5.48. The minimum absolute atomic E-state index is 0.0669. The molecule has 3 aromatic rings. The number of carbonyl (C=O) groups is 1. The summed E-state index contributed by atoms with van der Waals surface area (Å²) in [5, 5.41) is 10.1. The highest BCUT2D eigenvalue weighted by molar-refractivity contribution is 5.99. The molecule has 5 rings (SSSR count). The number of nitrogens with one attached hydrogen (secondary N) is 2. The first-order valence-corrected chi connectivity index (χ1v) is 12.5. The number of halogens is 3.